The van der Waals surface area contributed by atoms with Crippen LogP contribution in [0.25, 0.3) is 6.08 Å². The monoisotopic (exact) mass is 248 g/mol. The Morgan fingerprint density at radius 2 is 1.94 bits per heavy atom. The number of esters is 1. The predicted octanol–water partition coefficient (Wildman–Crippen LogP) is 2.28. The van der Waals surface area contributed by atoms with Gasteiger partial charge in [-0.3, -0.25) is 4.79 Å². The zero-order valence-corrected chi connectivity index (χ0v) is 10.3. The van der Waals surface area contributed by atoms with E-state index in [1.807, 2.05) is 24.3 Å². The third-order valence-electron chi connectivity index (χ3n) is 2.32. The molecule has 1 aromatic carbocycles. The molecule has 0 fully saturated rings. The lowest BCUT2D eigenvalue weighted by Crippen LogP contribution is -2.05. The average molecular weight is 248 g/mol. The highest BCUT2D eigenvalue weighted by atomic mass is 16.5. The van der Waals surface area contributed by atoms with Gasteiger partial charge in [0.2, 0.25) is 0 Å². The number of hydrogen-bond donors (Lipinski definition) is 1. The molecular formula is C14H16O4. The number of hydrogen-bond acceptors (Lipinski definition) is 3. The molecule has 0 bridgehead atoms. The summed E-state index contributed by atoms with van der Waals surface area (Å²) in [6, 6.07) is 7.39. The molecule has 0 amide bonds. The van der Waals surface area contributed by atoms with Crippen LogP contribution in [0.4, 0.5) is 0 Å². The molecular weight excluding hydrogens is 232 g/mol. The molecule has 4 nitrogen and oxygen atoms in total. The molecule has 1 N–H and O–H groups in total. The minimum absolute atomic E-state index is 0.202. The Morgan fingerprint density at radius 1 is 1.28 bits per heavy atom. The van der Waals surface area contributed by atoms with Crippen molar-refractivity contribution in [3.05, 3.63) is 41.5 Å². The van der Waals surface area contributed by atoms with Gasteiger partial charge < -0.3 is 9.84 Å². The van der Waals surface area contributed by atoms with Gasteiger partial charge in [-0.2, -0.15) is 0 Å². The van der Waals surface area contributed by atoms with E-state index in [2.05, 4.69) is 0 Å². The second-order valence-corrected chi connectivity index (χ2v) is 3.72. The van der Waals surface area contributed by atoms with Gasteiger partial charge in [-0.1, -0.05) is 24.3 Å². The quantitative estimate of drug-likeness (QED) is 0.619. The van der Waals surface area contributed by atoms with E-state index in [4.69, 9.17) is 9.84 Å². The van der Waals surface area contributed by atoms with Crippen molar-refractivity contribution >= 4 is 18.0 Å². The van der Waals surface area contributed by atoms with Crippen molar-refractivity contribution < 1.29 is 19.4 Å². The van der Waals surface area contributed by atoms with E-state index < -0.39 is 5.97 Å². The highest BCUT2D eigenvalue weighted by Gasteiger charge is 2.02. The van der Waals surface area contributed by atoms with Crippen LogP contribution >= 0.6 is 0 Å². The van der Waals surface area contributed by atoms with Gasteiger partial charge in [-0.05, 0) is 30.5 Å². The van der Waals surface area contributed by atoms with Gasteiger partial charge in [0.05, 0.1) is 6.61 Å². The van der Waals surface area contributed by atoms with Crippen molar-refractivity contribution in [3.63, 3.8) is 0 Å². The number of carbonyl (C=O) groups excluding carboxylic acids is 1. The summed E-state index contributed by atoms with van der Waals surface area (Å²) in [7, 11) is 0. The van der Waals surface area contributed by atoms with Crippen LogP contribution in [0.15, 0.2) is 30.3 Å². The Morgan fingerprint density at radius 3 is 2.50 bits per heavy atom. The zero-order chi connectivity index (χ0) is 13.4. The van der Waals surface area contributed by atoms with Crippen LogP contribution in [0.3, 0.4) is 0 Å². The smallest absolute Gasteiger partial charge is 0.328 e. The summed E-state index contributed by atoms with van der Waals surface area (Å²) in [6.07, 6.45) is 3.60. The average Bonchev–Trinajstić information content (AvgIpc) is 2.35. The number of aliphatic carboxylic acids is 1. The minimum Gasteiger partial charge on any atom is -0.478 e. The molecule has 0 aliphatic rings. The van der Waals surface area contributed by atoms with Gasteiger partial charge >= 0.3 is 11.9 Å². The molecule has 0 aliphatic heterocycles. The summed E-state index contributed by atoms with van der Waals surface area (Å²) in [5.41, 5.74) is 1.84. The summed E-state index contributed by atoms with van der Waals surface area (Å²) in [6.45, 7) is 2.18. The summed E-state index contributed by atoms with van der Waals surface area (Å²) >= 11 is 0. The van der Waals surface area contributed by atoms with Crippen molar-refractivity contribution in [2.24, 2.45) is 0 Å². The summed E-state index contributed by atoms with van der Waals surface area (Å²) < 4.78 is 4.84. The van der Waals surface area contributed by atoms with Gasteiger partial charge in [0, 0.05) is 12.5 Å². The SMILES string of the molecule is CCOC(=O)CCc1ccc(/C=C/C(=O)O)cc1. The first-order valence-electron chi connectivity index (χ1n) is 5.77. The molecule has 18 heavy (non-hydrogen) atoms. The molecule has 0 aromatic heterocycles. The number of aryl methyl sites for hydroxylation is 1. The van der Waals surface area contributed by atoms with E-state index in [9.17, 15) is 9.59 Å². The van der Waals surface area contributed by atoms with Crippen molar-refractivity contribution in [1.29, 1.82) is 0 Å². The first kappa shape index (κ1) is 14.0. The standard InChI is InChI=1S/C14H16O4/c1-2-18-14(17)10-8-12-5-3-11(4-6-12)7-9-13(15)16/h3-7,9H,2,8,10H2,1H3,(H,15,16)/b9-7+. The van der Waals surface area contributed by atoms with E-state index in [1.54, 1.807) is 6.92 Å². The lowest BCUT2D eigenvalue weighted by Gasteiger charge is -2.02. The maximum Gasteiger partial charge on any atom is 0.328 e. The van der Waals surface area contributed by atoms with E-state index in [1.165, 1.54) is 6.08 Å². The number of ether oxygens (including phenoxy) is 1. The van der Waals surface area contributed by atoms with Crippen LogP contribution < -0.4 is 0 Å². The predicted molar refractivity (Wildman–Crippen MR) is 68.1 cm³/mol. The molecule has 0 atom stereocenters. The maximum atomic E-state index is 11.2. The molecule has 1 rings (SSSR count). The molecule has 0 aliphatic carbocycles. The largest absolute Gasteiger partial charge is 0.478 e. The highest BCUT2D eigenvalue weighted by molar-refractivity contribution is 5.85. The van der Waals surface area contributed by atoms with Crippen LogP contribution in [0, 0.1) is 0 Å². The van der Waals surface area contributed by atoms with E-state index in [-0.39, 0.29) is 5.97 Å². The van der Waals surface area contributed by atoms with Gasteiger partial charge in [0.25, 0.3) is 0 Å². The molecule has 0 saturated carbocycles. The van der Waals surface area contributed by atoms with Gasteiger partial charge in [0.15, 0.2) is 0 Å². The number of rotatable bonds is 6. The van der Waals surface area contributed by atoms with E-state index in [0.29, 0.717) is 19.4 Å². The summed E-state index contributed by atoms with van der Waals surface area (Å²) in [5.74, 6) is -1.17. The molecule has 0 unspecified atom stereocenters. The van der Waals surface area contributed by atoms with Crippen molar-refractivity contribution in [1.82, 2.24) is 0 Å². The molecule has 0 saturated heterocycles. The molecule has 0 spiro atoms. The van der Waals surface area contributed by atoms with Crippen LogP contribution in [-0.4, -0.2) is 23.7 Å². The topological polar surface area (TPSA) is 63.6 Å². The Bertz CT molecular complexity index is 432. The van der Waals surface area contributed by atoms with Crippen LogP contribution in [-0.2, 0) is 20.7 Å². The second kappa shape index (κ2) is 7.27. The van der Waals surface area contributed by atoms with Crippen molar-refractivity contribution in [3.8, 4) is 0 Å². The van der Waals surface area contributed by atoms with E-state index in [0.717, 1.165) is 17.2 Å². The third-order valence-corrected chi connectivity index (χ3v) is 2.32. The zero-order valence-electron chi connectivity index (χ0n) is 10.3. The fourth-order valence-corrected chi connectivity index (χ4v) is 1.44. The Balaban J connectivity index is 2.50. The lowest BCUT2D eigenvalue weighted by molar-refractivity contribution is -0.143. The first-order chi connectivity index (χ1) is 8.61. The van der Waals surface area contributed by atoms with Crippen LogP contribution in [0.1, 0.15) is 24.5 Å². The van der Waals surface area contributed by atoms with Crippen molar-refractivity contribution in [2.45, 2.75) is 19.8 Å². The first-order valence-corrected chi connectivity index (χ1v) is 5.77. The maximum absolute atomic E-state index is 11.2. The molecule has 0 heterocycles. The Hall–Kier alpha value is -2.10. The third kappa shape index (κ3) is 5.30. The molecule has 96 valence electrons. The van der Waals surface area contributed by atoms with Crippen LogP contribution in [0.5, 0.6) is 0 Å². The molecule has 0 radical (unpaired) electrons. The van der Waals surface area contributed by atoms with Crippen LogP contribution in [0.2, 0.25) is 0 Å². The number of carboxylic acids is 1. The van der Waals surface area contributed by atoms with Gasteiger partial charge in [-0.25, -0.2) is 4.79 Å². The summed E-state index contributed by atoms with van der Waals surface area (Å²) in [5, 5.41) is 8.49. The minimum atomic E-state index is -0.971. The Kier molecular flexibility index (Phi) is 5.64. The Labute approximate surface area is 106 Å². The van der Waals surface area contributed by atoms with Crippen molar-refractivity contribution in [2.75, 3.05) is 6.61 Å². The number of carboxylic acid groups (broad SMARTS) is 1. The number of carbonyl (C=O) groups is 2. The van der Waals surface area contributed by atoms with Gasteiger partial charge in [0.1, 0.15) is 0 Å². The summed E-state index contributed by atoms with van der Waals surface area (Å²) in [4.78, 5) is 21.5. The molecule has 1 aromatic rings. The highest BCUT2D eigenvalue weighted by Crippen LogP contribution is 2.08. The second-order valence-electron chi connectivity index (χ2n) is 3.72. The lowest BCUT2D eigenvalue weighted by atomic mass is 10.1. The number of benzene rings is 1. The normalized spacial score (nSPS) is 10.5. The fraction of sp³-hybridized carbons (Fsp3) is 0.286. The van der Waals surface area contributed by atoms with Gasteiger partial charge in [-0.15, -0.1) is 0 Å². The fourth-order valence-electron chi connectivity index (χ4n) is 1.44. The molecule has 4 heteroatoms. The van der Waals surface area contributed by atoms with E-state index >= 15 is 0 Å².